The van der Waals surface area contributed by atoms with Gasteiger partial charge in [0.25, 0.3) is 0 Å². The molecular formula is C12H26N2OS. The summed E-state index contributed by atoms with van der Waals surface area (Å²) in [5, 5.41) is 0.0344. The van der Waals surface area contributed by atoms with Crippen LogP contribution in [0.25, 0.3) is 0 Å². The van der Waals surface area contributed by atoms with Gasteiger partial charge in [0.2, 0.25) is 5.91 Å². The maximum Gasteiger partial charge on any atom is 0.235 e. The molecule has 16 heavy (non-hydrogen) atoms. The van der Waals surface area contributed by atoms with Crippen LogP contribution in [0.5, 0.6) is 0 Å². The largest absolute Gasteiger partial charge is 0.344 e. The van der Waals surface area contributed by atoms with Crippen LogP contribution in [0.1, 0.15) is 27.7 Å². The van der Waals surface area contributed by atoms with Crippen molar-refractivity contribution in [2.24, 2.45) is 0 Å². The highest BCUT2D eigenvalue weighted by Crippen LogP contribution is 2.28. The predicted octanol–water partition coefficient (Wildman–Crippen LogP) is 1.93. The summed E-state index contributed by atoms with van der Waals surface area (Å²) in [4.78, 5) is 15.9. The van der Waals surface area contributed by atoms with Crippen molar-refractivity contribution in [2.45, 2.75) is 37.7 Å². The summed E-state index contributed by atoms with van der Waals surface area (Å²) in [5.41, 5.74) is 0. The molecular weight excluding hydrogens is 220 g/mol. The van der Waals surface area contributed by atoms with Crippen LogP contribution >= 0.6 is 11.8 Å². The summed E-state index contributed by atoms with van der Waals surface area (Å²) in [6, 6.07) is 0. The lowest BCUT2D eigenvalue weighted by Gasteiger charge is -2.27. The fourth-order valence-electron chi connectivity index (χ4n) is 1.35. The van der Waals surface area contributed by atoms with Crippen LogP contribution in [0, 0.1) is 0 Å². The van der Waals surface area contributed by atoms with Crippen molar-refractivity contribution in [2.75, 3.05) is 34.2 Å². The summed E-state index contributed by atoms with van der Waals surface area (Å²) < 4.78 is 0.136. The number of carbonyl (C=O) groups is 1. The van der Waals surface area contributed by atoms with Crippen molar-refractivity contribution in [3.8, 4) is 0 Å². The lowest BCUT2D eigenvalue weighted by Crippen LogP contribution is -2.38. The third-order valence-corrected chi connectivity index (χ3v) is 3.40. The number of amides is 1. The van der Waals surface area contributed by atoms with E-state index in [0.717, 1.165) is 13.1 Å². The molecule has 0 N–H and O–H groups in total. The van der Waals surface area contributed by atoms with Crippen molar-refractivity contribution < 1.29 is 4.79 Å². The van der Waals surface area contributed by atoms with E-state index >= 15 is 0 Å². The van der Waals surface area contributed by atoms with Crippen LogP contribution in [0.2, 0.25) is 0 Å². The third-order valence-electron chi connectivity index (χ3n) is 2.14. The maximum absolute atomic E-state index is 12.0. The summed E-state index contributed by atoms with van der Waals surface area (Å²) in [6.07, 6.45) is 0. The molecule has 0 saturated carbocycles. The molecule has 0 fully saturated rings. The second-order valence-electron chi connectivity index (χ2n) is 5.44. The fraction of sp³-hybridized carbons (Fsp3) is 0.917. The summed E-state index contributed by atoms with van der Waals surface area (Å²) in [7, 11) is 5.92. The molecule has 0 aliphatic heterocycles. The van der Waals surface area contributed by atoms with Gasteiger partial charge in [-0.3, -0.25) is 4.79 Å². The number of carbonyl (C=O) groups excluding carboxylic acids is 1. The molecule has 1 atom stereocenters. The Hall–Kier alpha value is -0.220. The molecule has 0 radical (unpaired) electrons. The number of hydrogen-bond acceptors (Lipinski definition) is 3. The van der Waals surface area contributed by atoms with Crippen molar-refractivity contribution in [1.29, 1.82) is 0 Å². The number of nitrogens with zero attached hydrogens (tertiary/aromatic N) is 2. The number of likely N-dealkylation sites (N-methyl/N-ethyl adjacent to an activating group) is 2. The normalized spacial score (nSPS) is 14.0. The van der Waals surface area contributed by atoms with Gasteiger partial charge in [-0.1, -0.05) is 20.8 Å². The zero-order valence-corrected chi connectivity index (χ0v) is 12.5. The Kier molecular flexibility index (Phi) is 6.41. The van der Waals surface area contributed by atoms with E-state index in [-0.39, 0.29) is 15.9 Å². The van der Waals surface area contributed by atoms with E-state index in [0.29, 0.717) is 0 Å². The Morgan fingerprint density at radius 2 is 1.69 bits per heavy atom. The van der Waals surface area contributed by atoms with Gasteiger partial charge in [-0.25, -0.2) is 0 Å². The Morgan fingerprint density at radius 1 is 1.19 bits per heavy atom. The Labute approximate surface area is 105 Å². The first kappa shape index (κ1) is 15.8. The minimum atomic E-state index is 0.0344. The van der Waals surface area contributed by atoms with Crippen LogP contribution < -0.4 is 0 Å². The molecule has 0 bridgehead atoms. The molecule has 0 saturated heterocycles. The first-order valence-corrected chi connectivity index (χ1v) is 6.59. The first-order chi connectivity index (χ1) is 7.13. The zero-order valence-electron chi connectivity index (χ0n) is 11.7. The van der Waals surface area contributed by atoms with E-state index in [1.54, 1.807) is 11.8 Å². The van der Waals surface area contributed by atoms with E-state index in [2.05, 4.69) is 25.7 Å². The number of rotatable bonds is 5. The smallest absolute Gasteiger partial charge is 0.235 e. The molecule has 3 nitrogen and oxygen atoms in total. The SMILES string of the molecule is CC(SC(C)(C)C)C(=O)N(C)CCN(C)C. The maximum atomic E-state index is 12.0. The highest BCUT2D eigenvalue weighted by Gasteiger charge is 2.23. The van der Waals surface area contributed by atoms with Crippen LogP contribution in [0.15, 0.2) is 0 Å². The molecule has 1 unspecified atom stereocenters. The predicted molar refractivity (Wildman–Crippen MR) is 73.0 cm³/mol. The molecule has 4 heteroatoms. The van der Waals surface area contributed by atoms with Gasteiger partial charge in [0.1, 0.15) is 0 Å². The highest BCUT2D eigenvalue weighted by molar-refractivity contribution is 8.01. The molecule has 0 spiro atoms. The average Bonchev–Trinajstić information content (AvgIpc) is 2.10. The van der Waals surface area contributed by atoms with Gasteiger partial charge in [0.05, 0.1) is 5.25 Å². The van der Waals surface area contributed by atoms with Crippen molar-refractivity contribution >= 4 is 17.7 Å². The first-order valence-electron chi connectivity index (χ1n) is 5.71. The number of hydrogen-bond donors (Lipinski definition) is 0. The topological polar surface area (TPSA) is 23.6 Å². The summed E-state index contributed by atoms with van der Waals surface area (Å²) in [6.45, 7) is 10.1. The van der Waals surface area contributed by atoms with Gasteiger partial charge in [-0.15, -0.1) is 11.8 Å². The zero-order chi connectivity index (χ0) is 12.9. The van der Waals surface area contributed by atoms with Crippen LogP contribution in [-0.2, 0) is 4.79 Å². The molecule has 1 amide bonds. The number of thioether (sulfide) groups is 1. The molecule has 0 aliphatic carbocycles. The minimum absolute atomic E-state index is 0.0344. The second-order valence-corrected chi connectivity index (χ2v) is 7.60. The molecule has 0 aromatic rings. The van der Waals surface area contributed by atoms with Crippen molar-refractivity contribution in [3.63, 3.8) is 0 Å². The van der Waals surface area contributed by atoms with Crippen molar-refractivity contribution in [3.05, 3.63) is 0 Å². The molecule has 96 valence electrons. The Morgan fingerprint density at radius 3 is 2.06 bits per heavy atom. The Bertz CT molecular complexity index is 224. The van der Waals surface area contributed by atoms with E-state index in [4.69, 9.17) is 0 Å². The van der Waals surface area contributed by atoms with Crippen molar-refractivity contribution in [1.82, 2.24) is 9.80 Å². The minimum Gasteiger partial charge on any atom is -0.344 e. The van der Waals surface area contributed by atoms with Gasteiger partial charge in [0, 0.05) is 24.9 Å². The molecule has 0 rings (SSSR count). The molecule has 0 aromatic carbocycles. The monoisotopic (exact) mass is 246 g/mol. The molecule has 0 heterocycles. The van der Waals surface area contributed by atoms with Gasteiger partial charge < -0.3 is 9.80 Å². The quantitative estimate of drug-likeness (QED) is 0.740. The van der Waals surface area contributed by atoms with Crippen LogP contribution in [-0.4, -0.2) is 59.9 Å². The van der Waals surface area contributed by atoms with Gasteiger partial charge in [0.15, 0.2) is 0 Å². The standard InChI is InChI=1S/C12H26N2OS/c1-10(16-12(2,3)4)11(15)14(7)9-8-13(5)6/h10H,8-9H2,1-7H3. The van der Waals surface area contributed by atoms with E-state index in [1.165, 1.54) is 0 Å². The van der Waals surface area contributed by atoms with Gasteiger partial charge in [-0.05, 0) is 21.0 Å². The van der Waals surface area contributed by atoms with Crippen LogP contribution in [0.4, 0.5) is 0 Å². The summed E-state index contributed by atoms with van der Waals surface area (Å²) in [5.74, 6) is 0.224. The lowest BCUT2D eigenvalue weighted by molar-refractivity contribution is -0.129. The van der Waals surface area contributed by atoms with E-state index in [1.807, 2.05) is 33.0 Å². The molecule has 0 aromatic heterocycles. The second kappa shape index (κ2) is 6.50. The van der Waals surface area contributed by atoms with E-state index in [9.17, 15) is 4.79 Å². The third kappa shape index (κ3) is 7.12. The fourth-order valence-corrected chi connectivity index (χ4v) is 2.69. The van der Waals surface area contributed by atoms with Gasteiger partial charge >= 0.3 is 0 Å². The highest BCUT2D eigenvalue weighted by atomic mass is 32.2. The van der Waals surface area contributed by atoms with E-state index < -0.39 is 0 Å². The van der Waals surface area contributed by atoms with Crippen LogP contribution in [0.3, 0.4) is 0 Å². The average molecular weight is 246 g/mol. The lowest BCUT2D eigenvalue weighted by atomic mass is 10.3. The summed E-state index contributed by atoms with van der Waals surface area (Å²) >= 11 is 1.72. The molecule has 0 aliphatic rings. The Balaban J connectivity index is 4.12. The van der Waals surface area contributed by atoms with Gasteiger partial charge in [-0.2, -0.15) is 0 Å².